The average Bonchev–Trinajstić information content (AvgIpc) is 2.34. The van der Waals surface area contributed by atoms with E-state index in [0.29, 0.717) is 5.75 Å². The lowest BCUT2D eigenvalue weighted by Crippen LogP contribution is -2.00. The summed E-state index contributed by atoms with van der Waals surface area (Å²) < 4.78 is 0. The number of benzene rings is 2. The van der Waals surface area contributed by atoms with Crippen LogP contribution >= 0.6 is 0 Å². The van der Waals surface area contributed by atoms with Crippen LogP contribution in [0, 0.1) is 13.8 Å². The third-order valence-corrected chi connectivity index (χ3v) is 2.82. The summed E-state index contributed by atoms with van der Waals surface area (Å²) in [6.07, 6.45) is 0. The van der Waals surface area contributed by atoms with Crippen LogP contribution in [0.2, 0.25) is 0 Å². The van der Waals surface area contributed by atoms with Crippen molar-refractivity contribution in [3.05, 3.63) is 59.2 Å². The molecular weight excluding hydrogens is 210 g/mol. The first-order valence-corrected chi connectivity index (χ1v) is 5.75. The molecule has 0 heterocycles. The van der Waals surface area contributed by atoms with Crippen molar-refractivity contribution >= 4 is 5.69 Å². The molecular formula is C15H17NO. The zero-order valence-corrected chi connectivity index (χ0v) is 10.2. The van der Waals surface area contributed by atoms with Crippen LogP contribution in [-0.4, -0.2) is 5.11 Å². The van der Waals surface area contributed by atoms with Crippen LogP contribution < -0.4 is 5.32 Å². The first kappa shape index (κ1) is 11.5. The average molecular weight is 227 g/mol. The van der Waals surface area contributed by atoms with Crippen molar-refractivity contribution in [2.75, 3.05) is 5.32 Å². The molecule has 0 amide bonds. The summed E-state index contributed by atoms with van der Waals surface area (Å²) >= 11 is 0. The van der Waals surface area contributed by atoms with Crippen molar-refractivity contribution in [1.29, 1.82) is 0 Å². The second-order valence-corrected chi connectivity index (χ2v) is 4.30. The molecule has 0 fully saturated rings. The van der Waals surface area contributed by atoms with Gasteiger partial charge in [0.1, 0.15) is 5.75 Å². The Labute approximate surface area is 102 Å². The van der Waals surface area contributed by atoms with E-state index in [4.69, 9.17) is 0 Å². The number of rotatable bonds is 3. The van der Waals surface area contributed by atoms with Crippen molar-refractivity contribution in [2.24, 2.45) is 0 Å². The highest BCUT2D eigenvalue weighted by Crippen LogP contribution is 2.23. The Morgan fingerprint density at radius 3 is 2.18 bits per heavy atom. The second kappa shape index (κ2) is 4.91. The number of nitrogens with one attached hydrogen (secondary N) is 1. The molecule has 0 saturated heterocycles. The Balaban J connectivity index is 2.10. The number of phenolic OH excluding ortho intramolecular Hbond substituents is 1. The largest absolute Gasteiger partial charge is 0.507 e. The highest BCUT2D eigenvalue weighted by molar-refractivity contribution is 5.46. The highest BCUT2D eigenvalue weighted by atomic mass is 16.3. The normalized spacial score (nSPS) is 10.2. The van der Waals surface area contributed by atoms with Gasteiger partial charge in [-0.15, -0.1) is 0 Å². The third kappa shape index (κ3) is 2.78. The Hall–Kier alpha value is -1.96. The summed E-state index contributed by atoms with van der Waals surface area (Å²) in [6, 6.07) is 14.1. The van der Waals surface area contributed by atoms with Crippen LogP contribution in [0.5, 0.6) is 5.75 Å². The van der Waals surface area contributed by atoms with E-state index in [1.54, 1.807) is 0 Å². The van der Waals surface area contributed by atoms with Crippen LogP contribution in [0.15, 0.2) is 42.5 Å². The van der Waals surface area contributed by atoms with Gasteiger partial charge in [0.05, 0.1) is 0 Å². The van der Waals surface area contributed by atoms with E-state index < -0.39 is 0 Å². The molecule has 0 radical (unpaired) electrons. The van der Waals surface area contributed by atoms with E-state index in [2.05, 4.69) is 5.32 Å². The Kier molecular flexibility index (Phi) is 3.33. The molecule has 0 aliphatic carbocycles. The molecule has 0 bridgehead atoms. The lowest BCUT2D eigenvalue weighted by Gasteiger charge is -2.10. The fourth-order valence-corrected chi connectivity index (χ4v) is 1.91. The minimum Gasteiger partial charge on any atom is -0.507 e. The van der Waals surface area contributed by atoms with Crippen LogP contribution in [0.1, 0.15) is 16.7 Å². The van der Waals surface area contributed by atoms with Crippen LogP contribution in [-0.2, 0) is 6.54 Å². The predicted octanol–water partition coefficient (Wildman–Crippen LogP) is 3.62. The minimum absolute atomic E-state index is 0.397. The van der Waals surface area contributed by atoms with Gasteiger partial charge in [0.25, 0.3) is 0 Å². The molecule has 2 aromatic carbocycles. The van der Waals surface area contributed by atoms with Gasteiger partial charge < -0.3 is 10.4 Å². The predicted molar refractivity (Wildman–Crippen MR) is 71.3 cm³/mol. The molecule has 88 valence electrons. The van der Waals surface area contributed by atoms with Gasteiger partial charge in [-0.2, -0.15) is 0 Å². The molecule has 0 saturated carbocycles. The van der Waals surface area contributed by atoms with Gasteiger partial charge in [-0.3, -0.25) is 0 Å². The van der Waals surface area contributed by atoms with Crippen LogP contribution in [0.3, 0.4) is 0 Å². The van der Waals surface area contributed by atoms with E-state index >= 15 is 0 Å². The summed E-state index contributed by atoms with van der Waals surface area (Å²) in [5, 5.41) is 13.0. The van der Waals surface area contributed by atoms with E-state index in [1.165, 1.54) is 5.56 Å². The first-order valence-electron chi connectivity index (χ1n) is 5.75. The number of para-hydroxylation sites is 1. The Morgan fingerprint density at radius 1 is 1.00 bits per heavy atom. The molecule has 2 nitrogen and oxygen atoms in total. The van der Waals surface area contributed by atoms with E-state index in [0.717, 1.165) is 23.4 Å². The topological polar surface area (TPSA) is 32.3 Å². The fraction of sp³-hybridized carbons (Fsp3) is 0.200. The third-order valence-electron chi connectivity index (χ3n) is 2.82. The summed E-state index contributed by atoms with van der Waals surface area (Å²) in [5.74, 6) is 0.397. The fourth-order valence-electron chi connectivity index (χ4n) is 1.91. The summed E-state index contributed by atoms with van der Waals surface area (Å²) in [6.45, 7) is 4.62. The van der Waals surface area contributed by atoms with Gasteiger partial charge in [-0.1, -0.05) is 30.3 Å². The van der Waals surface area contributed by atoms with Crippen molar-refractivity contribution in [1.82, 2.24) is 0 Å². The van der Waals surface area contributed by atoms with Crippen LogP contribution in [0.25, 0.3) is 0 Å². The molecule has 0 aromatic heterocycles. The quantitative estimate of drug-likeness (QED) is 0.839. The van der Waals surface area contributed by atoms with E-state index in [-0.39, 0.29) is 0 Å². The monoisotopic (exact) mass is 227 g/mol. The molecule has 0 unspecified atom stereocenters. The molecule has 2 rings (SSSR count). The Bertz CT molecular complexity index is 483. The molecule has 2 N–H and O–H groups in total. The van der Waals surface area contributed by atoms with Gasteiger partial charge in [-0.05, 0) is 42.7 Å². The van der Waals surface area contributed by atoms with Gasteiger partial charge >= 0.3 is 0 Å². The Morgan fingerprint density at radius 2 is 1.59 bits per heavy atom. The SMILES string of the molecule is Cc1cc(CNc2ccccc2)cc(C)c1O. The van der Waals surface area contributed by atoms with E-state index in [9.17, 15) is 5.11 Å². The molecule has 0 spiro atoms. The summed E-state index contributed by atoms with van der Waals surface area (Å²) in [7, 11) is 0. The number of phenols is 1. The summed E-state index contributed by atoms with van der Waals surface area (Å²) in [5.41, 5.74) is 4.14. The zero-order chi connectivity index (χ0) is 12.3. The molecule has 17 heavy (non-hydrogen) atoms. The number of anilines is 1. The lowest BCUT2D eigenvalue weighted by atomic mass is 10.1. The number of hydrogen-bond donors (Lipinski definition) is 2. The molecule has 2 heteroatoms. The minimum atomic E-state index is 0.397. The maximum absolute atomic E-state index is 9.70. The molecule has 0 aliphatic rings. The molecule has 2 aromatic rings. The van der Waals surface area contributed by atoms with Crippen molar-refractivity contribution in [2.45, 2.75) is 20.4 Å². The van der Waals surface area contributed by atoms with Gasteiger partial charge in [-0.25, -0.2) is 0 Å². The number of aromatic hydroxyl groups is 1. The highest BCUT2D eigenvalue weighted by Gasteiger charge is 2.03. The maximum Gasteiger partial charge on any atom is 0.121 e. The van der Waals surface area contributed by atoms with Gasteiger partial charge in [0, 0.05) is 12.2 Å². The zero-order valence-electron chi connectivity index (χ0n) is 10.2. The van der Waals surface area contributed by atoms with Crippen LogP contribution in [0.4, 0.5) is 5.69 Å². The molecule has 0 atom stereocenters. The van der Waals surface area contributed by atoms with Crippen molar-refractivity contribution < 1.29 is 5.11 Å². The van der Waals surface area contributed by atoms with Crippen molar-refractivity contribution in [3.63, 3.8) is 0 Å². The smallest absolute Gasteiger partial charge is 0.121 e. The van der Waals surface area contributed by atoms with E-state index in [1.807, 2.05) is 56.3 Å². The second-order valence-electron chi connectivity index (χ2n) is 4.30. The van der Waals surface area contributed by atoms with Gasteiger partial charge in [0.15, 0.2) is 0 Å². The number of hydrogen-bond acceptors (Lipinski definition) is 2. The van der Waals surface area contributed by atoms with Crippen molar-refractivity contribution in [3.8, 4) is 5.75 Å². The number of aryl methyl sites for hydroxylation is 2. The lowest BCUT2D eigenvalue weighted by molar-refractivity contribution is 0.466. The van der Waals surface area contributed by atoms with Gasteiger partial charge in [0.2, 0.25) is 0 Å². The first-order chi connectivity index (χ1) is 8.16. The summed E-state index contributed by atoms with van der Waals surface area (Å²) in [4.78, 5) is 0. The molecule has 0 aliphatic heterocycles. The standard InChI is InChI=1S/C15H17NO/c1-11-8-13(9-12(2)15(11)17)10-16-14-6-4-3-5-7-14/h3-9,16-17H,10H2,1-2H3. The maximum atomic E-state index is 9.70.